The zero-order chi connectivity index (χ0) is 12.5. The fourth-order valence-electron chi connectivity index (χ4n) is 2.09. The molecule has 1 heterocycles. The lowest BCUT2D eigenvalue weighted by atomic mass is 10.2. The highest BCUT2D eigenvalue weighted by atomic mass is 32.2. The molecule has 2 N–H and O–H groups in total. The Morgan fingerprint density at radius 1 is 1.29 bits per heavy atom. The molecule has 17 heavy (non-hydrogen) atoms. The minimum atomic E-state index is -3.28. The molecule has 1 saturated heterocycles. The average molecular weight is 255 g/mol. The normalized spacial score (nSPS) is 18.2. The number of benzene rings is 1. The summed E-state index contributed by atoms with van der Waals surface area (Å²) >= 11 is 0. The summed E-state index contributed by atoms with van der Waals surface area (Å²) in [7, 11) is -3.28. The van der Waals surface area contributed by atoms with Gasteiger partial charge in [0.2, 0.25) is 0 Å². The maximum Gasteiger partial charge on any atom is 0.181 e. The van der Waals surface area contributed by atoms with Crippen LogP contribution >= 0.6 is 0 Å². The number of nitrogen functional groups attached to an aromatic ring is 1. The minimum Gasteiger partial charge on any atom is -0.399 e. The van der Waals surface area contributed by atoms with Gasteiger partial charge in [-0.15, -0.1) is 0 Å². The molecule has 5 heteroatoms. The lowest BCUT2D eigenvalue weighted by Gasteiger charge is -2.23. The minimum absolute atomic E-state index is 0.336. The summed E-state index contributed by atoms with van der Waals surface area (Å²) in [5.41, 5.74) is 6.91. The Kier molecular flexibility index (Phi) is 3.40. The van der Waals surface area contributed by atoms with Crippen molar-refractivity contribution in [3.8, 4) is 0 Å². The smallest absolute Gasteiger partial charge is 0.181 e. The van der Waals surface area contributed by atoms with Crippen LogP contribution in [0.4, 0.5) is 5.69 Å². The molecule has 2 rings (SSSR count). The fourth-order valence-corrected chi connectivity index (χ4v) is 4.08. The molecule has 4 nitrogen and oxygen atoms in total. The molecule has 0 atom stereocenters. The van der Waals surface area contributed by atoms with Crippen molar-refractivity contribution in [1.82, 2.24) is 0 Å². The summed E-state index contributed by atoms with van der Waals surface area (Å²) in [5, 5.41) is -0.336. The van der Waals surface area contributed by atoms with Crippen LogP contribution in [0.25, 0.3) is 0 Å². The third kappa shape index (κ3) is 2.45. The first-order valence-electron chi connectivity index (χ1n) is 5.69. The van der Waals surface area contributed by atoms with Gasteiger partial charge in [0.25, 0.3) is 0 Å². The van der Waals surface area contributed by atoms with E-state index in [4.69, 9.17) is 10.5 Å². The Morgan fingerprint density at radius 2 is 1.94 bits per heavy atom. The van der Waals surface area contributed by atoms with Crippen LogP contribution in [0.1, 0.15) is 18.4 Å². The Labute approximate surface area is 102 Å². The van der Waals surface area contributed by atoms with Gasteiger partial charge in [0.1, 0.15) is 0 Å². The molecule has 1 aromatic rings. The Balaban J connectivity index is 2.40. The molecular formula is C12H17NO3S. The highest BCUT2D eigenvalue weighted by Gasteiger charge is 2.30. The average Bonchev–Trinajstić information content (AvgIpc) is 2.33. The van der Waals surface area contributed by atoms with Crippen LogP contribution in [0.15, 0.2) is 23.1 Å². The first-order chi connectivity index (χ1) is 8.01. The summed E-state index contributed by atoms with van der Waals surface area (Å²) < 4.78 is 30.1. The molecule has 1 aliphatic rings. The Bertz CT molecular complexity index is 504. The van der Waals surface area contributed by atoms with Gasteiger partial charge in [-0.2, -0.15) is 0 Å². The molecule has 0 amide bonds. The van der Waals surface area contributed by atoms with Crippen molar-refractivity contribution < 1.29 is 13.2 Å². The molecule has 0 bridgehead atoms. The zero-order valence-corrected chi connectivity index (χ0v) is 10.7. The van der Waals surface area contributed by atoms with E-state index in [1.807, 2.05) is 0 Å². The van der Waals surface area contributed by atoms with Crippen molar-refractivity contribution in [3.05, 3.63) is 23.8 Å². The number of hydrogen-bond donors (Lipinski definition) is 1. The van der Waals surface area contributed by atoms with Crippen LogP contribution in [0, 0.1) is 6.92 Å². The summed E-state index contributed by atoms with van der Waals surface area (Å²) in [5.74, 6) is 0. The predicted molar refractivity (Wildman–Crippen MR) is 66.6 cm³/mol. The summed E-state index contributed by atoms with van der Waals surface area (Å²) in [6, 6.07) is 5.03. The molecule has 0 aliphatic carbocycles. The lowest BCUT2D eigenvalue weighted by molar-refractivity contribution is 0.0983. The third-order valence-corrected chi connectivity index (χ3v) is 5.53. The largest absolute Gasteiger partial charge is 0.399 e. The van der Waals surface area contributed by atoms with Crippen molar-refractivity contribution in [2.45, 2.75) is 29.9 Å². The van der Waals surface area contributed by atoms with E-state index < -0.39 is 9.84 Å². The summed E-state index contributed by atoms with van der Waals surface area (Å²) in [6.45, 7) is 2.84. The van der Waals surface area contributed by atoms with E-state index in [2.05, 4.69) is 0 Å². The van der Waals surface area contributed by atoms with Crippen LogP contribution in [-0.2, 0) is 14.6 Å². The van der Waals surface area contributed by atoms with Gasteiger partial charge in [0, 0.05) is 18.9 Å². The van der Waals surface area contributed by atoms with Gasteiger partial charge in [-0.1, -0.05) is 6.07 Å². The number of sulfone groups is 1. The second-order valence-corrected chi connectivity index (χ2v) is 6.58. The zero-order valence-electron chi connectivity index (χ0n) is 9.85. The molecule has 0 saturated carbocycles. The van der Waals surface area contributed by atoms with Gasteiger partial charge in [-0.25, -0.2) is 8.42 Å². The quantitative estimate of drug-likeness (QED) is 0.814. The van der Waals surface area contributed by atoms with Gasteiger partial charge >= 0.3 is 0 Å². The second kappa shape index (κ2) is 4.66. The first kappa shape index (κ1) is 12.4. The molecular weight excluding hydrogens is 238 g/mol. The monoisotopic (exact) mass is 255 g/mol. The van der Waals surface area contributed by atoms with Crippen LogP contribution in [0.2, 0.25) is 0 Å². The molecule has 0 aromatic heterocycles. The third-order valence-electron chi connectivity index (χ3n) is 3.13. The molecule has 0 spiro atoms. The van der Waals surface area contributed by atoms with Crippen LogP contribution < -0.4 is 5.73 Å². The summed E-state index contributed by atoms with van der Waals surface area (Å²) in [4.78, 5) is 0.365. The molecule has 0 radical (unpaired) electrons. The second-order valence-electron chi connectivity index (χ2n) is 4.38. The lowest BCUT2D eigenvalue weighted by Crippen LogP contribution is -2.29. The number of rotatable bonds is 2. The van der Waals surface area contributed by atoms with Crippen molar-refractivity contribution in [1.29, 1.82) is 0 Å². The van der Waals surface area contributed by atoms with Crippen LogP contribution in [0.5, 0.6) is 0 Å². The van der Waals surface area contributed by atoms with Gasteiger partial charge in [0.05, 0.1) is 10.1 Å². The van der Waals surface area contributed by atoms with Crippen molar-refractivity contribution in [2.75, 3.05) is 18.9 Å². The van der Waals surface area contributed by atoms with E-state index in [1.54, 1.807) is 25.1 Å². The molecule has 0 unspecified atom stereocenters. The molecule has 1 aliphatic heterocycles. The molecule has 1 aromatic carbocycles. The maximum absolute atomic E-state index is 12.4. The van der Waals surface area contributed by atoms with Gasteiger partial charge in [-0.05, 0) is 37.5 Å². The van der Waals surface area contributed by atoms with E-state index in [-0.39, 0.29) is 5.25 Å². The SMILES string of the molecule is Cc1ccc(N)cc1S(=O)(=O)C1CCOCC1. The maximum atomic E-state index is 12.4. The number of hydrogen-bond acceptors (Lipinski definition) is 4. The molecule has 94 valence electrons. The van der Waals surface area contributed by atoms with Gasteiger partial charge < -0.3 is 10.5 Å². The Morgan fingerprint density at radius 3 is 2.59 bits per heavy atom. The molecule has 1 fully saturated rings. The van der Waals surface area contributed by atoms with Crippen LogP contribution in [0.3, 0.4) is 0 Å². The van der Waals surface area contributed by atoms with E-state index in [0.717, 1.165) is 5.56 Å². The predicted octanol–water partition coefficient (Wildman–Crippen LogP) is 1.53. The van der Waals surface area contributed by atoms with Crippen molar-refractivity contribution in [2.24, 2.45) is 0 Å². The number of nitrogens with two attached hydrogens (primary N) is 1. The highest BCUT2D eigenvalue weighted by molar-refractivity contribution is 7.92. The topological polar surface area (TPSA) is 69.4 Å². The van der Waals surface area contributed by atoms with Gasteiger partial charge in [0.15, 0.2) is 9.84 Å². The van der Waals surface area contributed by atoms with E-state index in [9.17, 15) is 8.42 Å². The Hall–Kier alpha value is -1.07. The van der Waals surface area contributed by atoms with E-state index in [1.165, 1.54) is 0 Å². The highest BCUT2D eigenvalue weighted by Crippen LogP contribution is 2.27. The van der Waals surface area contributed by atoms with E-state index in [0.29, 0.717) is 36.6 Å². The summed E-state index contributed by atoms with van der Waals surface area (Å²) in [6.07, 6.45) is 1.13. The standard InChI is InChI=1S/C12H17NO3S/c1-9-2-3-10(13)8-12(9)17(14,15)11-4-6-16-7-5-11/h2-3,8,11H,4-7,13H2,1H3. The van der Waals surface area contributed by atoms with Crippen molar-refractivity contribution in [3.63, 3.8) is 0 Å². The number of ether oxygens (including phenoxy) is 1. The van der Waals surface area contributed by atoms with Gasteiger partial charge in [-0.3, -0.25) is 0 Å². The fraction of sp³-hybridized carbons (Fsp3) is 0.500. The number of anilines is 1. The van der Waals surface area contributed by atoms with Crippen LogP contribution in [-0.4, -0.2) is 26.9 Å². The van der Waals surface area contributed by atoms with E-state index >= 15 is 0 Å². The first-order valence-corrected chi connectivity index (χ1v) is 7.24. The number of aryl methyl sites for hydroxylation is 1. The van der Waals surface area contributed by atoms with Crippen molar-refractivity contribution >= 4 is 15.5 Å².